The van der Waals surface area contributed by atoms with E-state index >= 15 is 0 Å². The van der Waals surface area contributed by atoms with Gasteiger partial charge in [0.15, 0.2) is 0 Å². The molecular formula is C30H34ClN3O2S. The van der Waals surface area contributed by atoms with Crippen molar-refractivity contribution in [2.75, 3.05) is 12.8 Å². The molecule has 3 aromatic carbocycles. The number of nitrogens with one attached hydrogen (secondary N) is 1. The number of ether oxygens (including phenoxy) is 1. The van der Waals surface area contributed by atoms with E-state index in [-0.39, 0.29) is 12.0 Å². The Morgan fingerprint density at radius 2 is 1.84 bits per heavy atom. The highest BCUT2D eigenvalue weighted by Gasteiger charge is 2.22. The number of fused-ring (bicyclic) bond motifs is 1. The highest BCUT2D eigenvalue weighted by atomic mass is 35.5. The molecule has 0 amide bonds. The van der Waals surface area contributed by atoms with Crippen LogP contribution in [-0.4, -0.2) is 35.2 Å². The summed E-state index contributed by atoms with van der Waals surface area (Å²) in [5, 5.41) is 0.622. The number of para-hydroxylation sites is 1. The highest BCUT2D eigenvalue weighted by Crippen LogP contribution is 2.39. The van der Waals surface area contributed by atoms with Crippen LogP contribution in [0.5, 0.6) is 5.75 Å². The van der Waals surface area contributed by atoms with Gasteiger partial charge in [0.25, 0.3) is 0 Å². The fraction of sp³-hybridized carbons (Fsp3) is 0.333. The quantitative estimate of drug-likeness (QED) is 0.162. The number of carbonyl (C=O) groups is 1. The normalized spacial score (nSPS) is 13.8. The molecule has 37 heavy (non-hydrogen) atoms. The number of benzene rings is 3. The Hall–Kier alpha value is -2.80. The molecule has 3 N–H and O–H groups in total. The van der Waals surface area contributed by atoms with Crippen LogP contribution in [-0.2, 0) is 4.79 Å². The summed E-state index contributed by atoms with van der Waals surface area (Å²) in [7, 11) is 1.50. The molecule has 194 valence electrons. The van der Waals surface area contributed by atoms with Crippen molar-refractivity contribution >= 4 is 40.7 Å². The van der Waals surface area contributed by atoms with Crippen molar-refractivity contribution in [2.45, 2.75) is 50.0 Å². The molecule has 0 saturated heterocycles. The summed E-state index contributed by atoms with van der Waals surface area (Å²) in [6.45, 7) is 4.01. The number of aromatic nitrogens is 2. The van der Waals surface area contributed by atoms with Crippen LogP contribution in [0.2, 0.25) is 5.02 Å². The summed E-state index contributed by atoms with van der Waals surface area (Å²) >= 11 is 8.64. The van der Waals surface area contributed by atoms with E-state index in [1.807, 2.05) is 62.0 Å². The lowest BCUT2D eigenvalue weighted by Gasteiger charge is -2.15. The van der Waals surface area contributed by atoms with E-state index < -0.39 is 0 Å². The number of hydrogen-bond donors (Lipinski definition) is 2. The van der Waals surface area contributed by atoms with Gasteiger partial charge in [0.1, 0.15) is 17.9 Å². The summed E-state index contributed by atoms with van der Waals surface area (Å²) < 4.78 is 6.02. The Labute approximate surface area is 228 Å². The third kappa shape index (κ3) is 6.75. The first kappa shape index (κ1) is 27.2. The monoisotopic (exact) mass is 535 g/mol. The Balaban J connectivity index is 0.00000156. The number of nitrogens with two attached hydrogens (primary N) is 1. The molecule has 1 fully saturated rings. The number of rotatable bonds is 10. The molecule has 5 nitrogen and oxygen atoms in total. The van der Waals surface area contributed by atoms with E-state index in [4.69, 9.17) is 21.3 Å². The lowest BCUT2D eigenvalue weighted by Crippen LogP contribution is -2.06. The van der Waals surface area contributed by atoms with Crippen LogP contribution >= 0.6 is 23.4 Å². The van der Waals surface area contributed by atoms with Gasteiger partial charge in [-0.3, -0.25) is 0 Å². The van der Waals surface area contributed by atoms with E-state index in [9.17, 15) is 4.79 Å². The van der Waals surface area contributed by atoms with Crippen LogP contribution in [0.1, 0.15) is 50.4 Å². The molecule has 1 aromatic heterocycles. The highest BCUT2D eigenvalue weighted by molar-refractivity contribution is 7.99. The summed E-state index contributed by atoms with van der Waals surface area (Å²) in [6, 6.07) is 20.4. The van der Waals surface area contributed by atoms with E-state index in [1.165, 1.54) is 30.5 Å². The Morgan fingerprint density at radius 3 is 2.51 bits per heavy atom. The largest absolute Gasteiger partial charge is 0.490 e. The molecule has 0 radical (unpaired) electrons. The number of aldehydes is 1. The zero-order valence-corrected chi connectivity index (χ0v) is 23.1. The van der Waals surface area contributed by atoms with Crippen LogP contribution in [0, 0.1) is 5.92 Å². The second-order valence-electron chi connectivity index (χ2n) is 9.41. The summed E-state index contributed by atoms with van der Waals surface area (Å²) in [6.07, 6.45) is 4.10. The van der Waals surface area contributed by atoms with E-state index in [2.05, 4.69) is 35.0 Å². The van der Waals surface area contributed by atoms with Crippen molar-refractivity contribution in [3.8, 4) is 16.9 Å². The molecular weight excluding hydrogens is 502 g/mol. The molecule has 1 atom stereocenters. The zero-order chi connectivity index (χ0) is 26.4. The maximum absolute atomic E-state index is 11.6. The van der Waals surface area contributed by atoms with Gasteiger partial charge in [0, 0.05) is 34.1 Å². The van der Waals surface area contributed by atoms with Gasteiger partial charge in [-0.25, -0.2) is 4.98 Å². The van der Waals surface area contributed by atoms with Crippen LogP contribution in [0.25, 0.3) is 22.2 Å². The standard InChI is InChI=1S/C29H29ClN2O2S.CH5N/c1-18(2)34-28-6-4-3-5-23(28)24-15-26-27(16-25(24)30)32-29(31-26)22(13-14-33)20-9-11-21(12-10-20)35-17-19-7-8-19;1-2/h3-6,9-12,14-16,18-19,22H,7-8,13,17H2,1-2H3,(H,31,32);2H2,1H3. The predicted molar refractivity (Wildman–Crippen MR) is 155 cm³/mol. The van der Waals surface area contributed by atoms with E-state index in [0.29, 0.717) is 11.4 Å². The minimum absolute atomic E-state index is 0.0539. The van der Waals surface area contributed by atoms with Crippen molar-refractivity contribution in [1.82, 2.24) is 9.97 Å². The molecule has 7 heteroatoms. The van der Waals surface area contributed by atoms with Gasteiger partial charge < -0.3 is 20.2 Å². The van der Waals surface area contributed by atoms with Gasteiger partial charge in [-0.2, -0.15) is 0 Å². The van der Waals surface area contributed by atoms with Crippen molar-refractivity contribution in [2.24, 2.45) is 11.7 Å². The average Bonchev–Trinajstić information content (AvgIpc) is 3.65. The fourth-order valence-electron chi connectivity index (χ4n) is 4.26. The first-order valence-electron chi connectivity index (χ1n) is 12.7. The topological polar surface area (TPSA) is 81.0 Å². The number of hydrogen-bond acceptors (Lipinski definition) is 5. The van der Waals surface area contributed by atoms with Gasteiger partial charge in [-0.05, 0) is 75.5 Å². The Morgan fingerprint density at radius 1 is 1.11 bits per heavy atom. The molecule has 5 rings (SSSR count). The van der Waals surface area contributed by atoms with Gasteiger partial charge in [-0.1, -0.05) is 41.9 Å². The molecule has 1 aliphatic carbocycles. The summed E-state index contributed by atoms with van der Waals surface area (Å²) in [5.41, 5.74) is 9.04. The second-order valence-corrected chi connectivity index (χ2v) is 10.9. The number of nitrogens with zero attached hydrogens (tertiary/aromatic N) is 1. The number of imidazole rings is 1. The minimum atomic E-state index is -0.138. The van der Waals surface area contributed by atoms with Crippen molar-refractivity contribution < 1.29 is 9.53 Å². The first-order chi connectivity index (χ1) is 18.0. The fourth-order valence-corrected chi connectivity index (χ4v) is 5.62. The zero-order valence-electron chi connectivity index (χ0n) is 21.5. The lowest BCUT2D eigenvalue weighted by molar-refractivity contribution is -0.108. The Bertz CT molecular complexity index is 1330. The van der Waals surface area contributed by atoms with Crippen LogP contribution in [0.3, 0.4) is 0 Å². The lowest BCUT2D eigenvalue weighted by atomic mass is 9.96. The third-order valence-corrected chi connectivity index (χ3v) is 7.81. The van der Waals surface area contributed by atoms with Gasteiger partial charge in [-0.15, -0.1) is 11.8 Å². The maximum Gasteiger partial charge on any atom is 0.127 e. The predicted octanol–water partition coefficient (Wildman–Crippen LogP) is 7.47. The van der Waals surface area contributed by atoms with Gasteiger partial charge in [0.05, 0.1) is 22.2 Å². The van der Waals surface area contributed by atoms with Crippen LogP contribution < -0.4 is 10.5 Å². The van der Waals surface area contributed by atoms with Crippen LogP contribution in [0.4, 0.5) is 0 Å². The number of thioether (sulfide) groups is 1. The molecule has 1 heterocycles. The summed E-state index contributed by atoms with van der Waals surface area (Å²) in [4.78, 5) is 21.2. The molecule has 0 spiro atoms. The second kappa shape index (κ2) is 12.6. The molecule has 4 aromatic rings. The number of carbonyl (C=O) groups excluding carboxylic acids is 1. The molecule has 1 saturated carbocycles. The molecule has 1 unspecified atom stereocenters. The number of halogens is 1. The number of aromatic amines is 1. The van der Waals surface area contributed by atoms with Crippen LogP contribution in [0.15, 0.2) is 65.6 Å². The SMILES string of the molecule is CC(C)Oc1ccccc1-c1cc2nc(C(CC=O)c3ccc(SCC4CC4)cc3)[nH]c2cc1Cl.CN. The smallest absolute Gasteiger partial charge is 0.127 e. The van der Waals surface area contributed by atoms with Crippen molar-refractivity contribution in [1.29, 1.82) is 0 Å². The molecule has 0 aliphatic heterocycles. The number of H-pyrrole nitrogens is 1. The first-order valence-corrected chi connectivity index (χ1v) is 14.1. The van der Waals surface area contributed by atoms with Crippen molar-refractivity contribution in [3.63, 3.8) is 0 Å². The van der Waals surface area contributed by atoms with E-state index in [1.54, 1.807) is 0 Å². The van der Waals surface area contributed by atoms with Gasteiger partial charge in [0.2, 0.25) is 0 Å². The molecule has 1 aliphatic rings. The maximum atomic E-state index is 11.6. The van der Waals surface area contributed by atoms with Crippen molar-refractivity contribution in [3.05, 3.63) is 77.1 Å². The minimum Gasteiger partial charge on any atom is -0.490 e. The van der Waals surface area contributed by atoms with E-state index in [0.717, 1.165) is 51.5 Å². The third-order valence-electron chi connectivity index (χ3n) is 6.26. The average molecular weight is 536 g/mol. The summed E-state index contributed by atoms with van der Waals surface area (Å²) in [5.74, 6) is 3.50. The van der Waals surface area contributed by atoms with Gasteiger partial charge >= 0.3 is 0 Å². The Kier molecular flexibility index (Phi) is 9.30. The molecule has 0 bridgehead atoms.